The predicted octanol–water partition coefficient (Wildman–Crippen LogP) is 12.8. The first kappa shape index (κ1) is 26.7. The maximum atomic E-state index is 2.48. The van der Waals surface area contributed by atoms with Crippen molar-refractivity contribution in [1.29, 1.82) is 0 Å². The van der Waals surface area contributed by atoms with Crippen LogP contribution in [0.25, 0.3) is 81.0 Å². The highest BCUT2D eigenvalue weighted by Crippen LogP contribution is 2.54. The smallest absolute Gasteiger partial charge is 0.0541 e. The largest absolute Gasteiger partial charge is 0.309 e. The molecule has 1 nitrogen and oxygen atoms in total. The molecule has 0 amide bonds. The Morgan fingerprint density at radius 3 is 1.72 bits per heavy atom. The fourth-order valence-electron chi connectivity index (χ4n) is 8.11. The van der Waals surface area contributed by atoms with Gasteiger partial charge in [0, 0.05) is 42.0 Å². The van der Waals surface area contributed by atoms with Crippen molar-refractivity contribution in [3.8, 4) is 39.1 Å². The van der Waals surface area contributed by atoms with Gasteiger partial charge < -0.3 is 4.57 Å². The first-order valence-electron chi connectivity index (χ1n) is 16.4. The van der Waals surface area contributed by atoms with E-state index >= 15 is 0 Å². The van der Waals surface area contributed by atoms with Gasteiger partial charge in [0.15, 0.2) is 0 Å². The molecular formula is C45H31NS. The van der Waals surface area contributed by atoms with Gasteiger partial charge in [0.2, 0.25) is 0 Å². The average molecular weight is 618 g/mol. The molecule has 1 aliphatic carbocycles. The van der Waals surface area contributed by atoms with Gasteiger partial charge in [-0.1, -0.05) is 117 Å². The topological polar surface area (TPSA) is 4.93 Å². The van der Waals surface area contributed by atoms with E-state index in [9.17, 15) is 0 Å². The second-order valence-corrected chi connectivity index (χ2v) is 14.4. The number of thiophene rings is 1. The minimum Gasteiger partial charge on any atom is -0.309 e. The van der Waals surface area contributed by atoms with Crippen molar-refractivity contribution in [2.24, 2.45) is 0 Å². The van der Waals surface area contributed by atoms with Crippen LogP contribution in [0, 0.1) is 0 Å². The van der Waals surface area contributed by atoms with Gasteiger partial charge in [0.1, 0.15) is 0 Å². The van der Waals surface area contributed by atoms with Gasteiger partial charge in [-0.15, -0.1) is 11.3 Å². The van der Waals surface area contributed by atoms with Crippen molar-refractivity contribution in [1.82, 2.24) is 4.57 Å². The maximum absolute atomic E-state index is 2.48. The maximum Gasteiger partial charge on any atom is 0.0541 e. The lowest BCUT2D eigenvalue weighted by Gasteiger charge is -2.21. The summed E-state index contributed by atoms with van der Waals surface area (Å²) in [5.74, 6) is 0. The number of aromatic nitrogens is 1. The third-order valence-electron chi connectivity index (χ3n) is 10.4. The van der Waals surface area contributed by atoms with Crippen LogP contribution in [0.15, 0.2) is 152 Å². The molecule has 1 aliphatic rings. The van der Waals surface area contributed by atoms with E-state index in [1.54, 1.807) is 0 Å². The van der Waals surface area contributed by atoms with Crippen molar-refractivity contribution in [2.45, 2.75) is 19.3 Å². The van der Waals surface area contributed by atoms with Crippen molar-refractivity contribution < 1.29 is 0 Å². The van der Waals surface area contributed by atoms with E-state index in [1.165, 1.54) is 92.2 Å². The molecule has 47 heavy (non-hydrogen) atoms. The Morgan fingerprint density at radius 2 is 1.06 bits per heavy atom. The zero-order valence-electron chi connectivity index (χ0n) is 26.3. The van der Waals surface area contributed by atoms with E-state index in [0.29, 0.717) is 0 Å². The first-order chi connectivity index (χ1) is 23.1. The molecule has 9 aromatic rings. The Morgan fingerprint density at radius 1 is 0.468 bits per heavy atom. The van der Waals surface area contributed by atoms with Gasteiger partial charge in [-0.3, -0.25) is 0 Å². The van der Waals surface area contributed by atoms with Crippen LogP contribution in [0.1, 0.15) is 25.0 Å². The minimum atomic E-state index is -0.0730. The lowest BCUT2D eigenvalue weighted by molar-refractivity contribution is 0.661. The Labute approximate surface area is 278 Å². The van der Waals surface area contributed by atoms with E-state index < -0.39 is 0 Å². The molecule has 0 saturated carbocycles. The standard InChI is InChI=1S/C45H31NS/c1-45(2)37-20-19-32(27-36(37)43-38(45)21-24-42-44(43)33-15-9-10-16-41(33)47-42)46-39-22-17-30(28-11-5-3-6-12-28)25-34(39)35-26-31(18-23-40(35)46)29-13-7-4-8-14-29/h3-27H,1-2H3. The summed E-state index contributed by atoms with van der Waals surface area (Å²) in [6.45, 7) is 4.77. The molecule has 0 radical (unpaired) electrons. The van der Waals surface area contributed by atoms with Crippen molar-refractivity contribution >= 4 is 53.3 Å². The van der Waals surface area contributed by atoms with Crippen LogP contribution in [-0.2, 0) is 5.41 Å². The fourth-order valence-corrected chi connectivity index (χ4v) is 9.22. The Balaban J connectivity index is 1.26. The second kappa shape index (κ2) is 9.78. The zero-order chi connectivity index (χ0) is 31.3. The average Bonchev–Trinajstić information content (AvgIpc) is 3.73. The van der Waals surface area contributed by atoms with E-state index in [-0.39, 0.29) is 5.41 Å². The number of hydrogen-bond acceptors (Lipinski definition) is 1. The van der Waals surface area contributed by atoms with Crippen LogP contribution in [0.4, 0.5) is 0 Å². The number of hydrogen-bond donors (Lipinski definition) is 0. The normalized spacial score (nSPS) is 13.5. The lowest BCUT2D eigenvalue weighted by Crippen LogP contribution is -2.14. The van der Waals surface area contributed by atoms with Crippen LogP contribution < -0.4 is 0 Å². The third-order valence-corrected chi connectivity index (χ3v) is 11.5. The van der Waals surface area contributed by atoms with Crippen molar-refractivity contribution in [2.75, 3.05) is 0 Å². The molecule has 10 rings (SSSR count). The third kappa shape index (κ3) is 3.83. The second-order valence-electron chi connectivity index (χ2n) is 13.3. The summed E-state index contributed by atoms with van der Waals surface area (Å²) >= 11 is 1.90. The quantitative estimate of drug-likeness (QED) is 0.186. The van der Waals surface area contributed by atoms with Crippen LogP contribution in [-0.4, -0.2) is 4.57 Å². The summed E-state index contributed by atoms with van der Waals surface area (Å²) in [7, 11) is 0. The molecule has 2 heterocycles. The number of nitrogens with zero attached hydrogens (tertiary/aromatic N) is 1. The van der Waals surface area contributed by atoms with Crippen LogP contribution >= 0.6 is 11.3 Å². The van der Waals surface area contributed by atoms with E-state index in [1.807, 2.05) is 11.3 Å². The van der Waals surface area contributed by atoms with Crippen molar-refractivity contribution in [3.63, 3.8) is 0 Å². The van der Waals surface area contributed by atoms with Crippen molar-refractivity contribution in [3.05, 3.63) is 163 Å². The molecule has 0 saturated heterocycles. The monoisotopic (exact) mass is 617 g/mol. The Bertz CT molecular complexity index is 2590. The van der Waals surface area contributed by atoms with Gasteiger partial charge >= 0.3 is 0 Å². The highest BCUT2D eigenvalue weighted by molar-refractivity contribution is 7.26. The summed E-state index contributed by atoms with van der Waals surface area (Å²) in [5, 5.41) is 5.30. The SMILES string of the molecule is CC1(C)c2ccc(-n3c4ccc(-c5ccccc5)cc4c4cc(-c5ccccc5)ccc43)cc2-c2c1ccc1sc3ccccc3c21. The molecule has 0 unspecified atom stereocenters. The number of rotatable bonds is 3. The highest BCUT2D eigenvalue weighted by Gasteiger charge is 2.37. The van der Waals surface area contributed by atoms with E-state index in [0.717, 1.165) is 0 Å². The van der Waals surface area contributed by atoms with E-state index in [4.69, 9.17) is 0 Å². The summed E-state index contributed by atoms with van der Waals surface area (Å²) in [6, 6.07) is 56.2. The van der Waals surface area contributed by atoms with E-state index in [2.05, 4.69) is 170 Å². The Hall–Kier alpha value is -5.44. The zero-order valence-corrected chi connectivity index (χ0v) is 27.1. The highest BCUT2D eigenvalue weighted by atomic mass is 32.1. The van der Waals surface area contributed by atoms with Crippen LogP contribution in [0.2, 0.25) is 0 Å². The van der Waals surface area contributed by atoms with Gasteiger partial charge in [-0.2, -0.15) is 0 Å². The molecule has 0 fully saturated rings. The Kier molecular flexibility index (Phi) is 5.57. The molecule has 2 heteroatoms. The van der Waals surface area contributed by atoms with Gasteiger partial charge in [0.05, 0.1) is 11.0 Å². The molecule has 0 bridgehead atoms. The molecule has 0 atom stereocenters. The predicted molar refractivity (Wildman–Crippen MR) is 202 cm³/mol. The van der Waals surface area contributed by atoms with Gasteiger partial charge in [-0.25, -0.2) is 0 Å². The molecule has 222 valence electrons. The number of benzene rings is 7. The summed E-state index contributed by atoms with van der Waals surface area (Å²) < 4.78 is 5.19. The first-order valence-corrected chi connectivity index (χ1v) is 17.2. The molecular weight excluding hydrogens is 587 g/mol. The fraction of sp³-hybridized carbons (Fsp3) is 0.0667. The lowest BCUT2D eigenvalue weighted by atomic mass is 9.82. The molecule has 7 aromatic carbocycles. The van der Waals surface area contributed by atoms with Crippen LogP contribution in [0.5, 0.6) is 0 Å². The summed E-state index contributed by atoms with van der Waals surface area (Å²) in [4.78, 5) is 0. The molecule has 0 spiro atoms. The molecule has 0 aliphatic heterocycles. The van der Waals surface area contributed by atoms with Gasteiger partial charge in [-0.05, 0) is 93.0 Å². The minimum absolute atomic E-state index is 0.0730. The molecule has 0 N–H and O–H groups in total. The summed E-state index contributed by atoms with van der Waals surface area (Å²) in [5.41, 5.74) is 14.1. The summed E-state index contributed by atoms with van der Waals surface area (Å²) in [6.07, 6.45) is 0. The van der Waals surface area contributed by atoms with Crippen LogP contribution in [0.3, 0.4) is 0 Å². The number of fused-ring (bicyclic) bond motifs is 10. The van der Waals surface area contributed by atoms with Gasteiger partial charge in [0.25, 0.3) is 0 Å². The molecule has 2 aromatic heterocycles.